The van der Waals surface area contributed by atoms with Gasteiger partial charge in [-0.25, -0.2) is 4.39 Å². The minimum absolute atomic E-state index is 0.0840. The Morgan fingerprint density at radius 2 is 1.25 bits per heavy atom. The first-order valence-corrected chi connectivity index (χ1v) is 5.75. The summed E-state index contributed by atoms with van der Waals surface area (Å²) >= 11 is 0. The van der Waals surface area contributed by atoms with Crippen molar-refractivity contribution in [1.29, 1.82) is 0 Å². The Bertz CT molecular complexity index is 141. The zero-order valence-electron chi connectivity index (χ0n) is 10.1. The Labute approximate surface area is 96.4 Å². The van der Waals surface area contributed by atoms with E-state index in [9.17, 15) is 4.39 Å². The SMILES string of the molecule is CCC(O)COCC(F)COCC(O)CC. The van der Waals surface area contributed by atoms with Gasteiger partial charge in [-0.1, -0.05) is 13.8 Å². The summed E-state index contributed by atoms with van der Waals surface area (Å²) in [6.07, 6.45) is -1.09. The summed E-state index contributed by atoms with van der Waals surface area (Å²) in [6, 6.07) is 0. The van der Waals surface area contributed by atoms with Crippen LogP contribution in [0.1, 0.15) is 26.7 Å². The maximum absolute atomic E-state index is 13.1. The van der Waals surface area contributed by atoms with Gasteiger partial charge in [0.2, 0.25) is 0 Å². The van der Waals surface area contributed by atoms with Gasteiger partial charge in [0.05, 0.1) is 38.6 Å². The van der Waals surface area contributed by atoms with Gasteiger partial charge in [0, 0.05) is 0 Å². The number of alkyl halides is 1. The van der Waals surface area contributed by atoms with Crippen molar-refractivity contribution < 1.29 is 24.1 Å². The van der Waals surface area contributed by atoms with Crippen LogP contribution in [-0.4, -0.2) is 55.0 Å². The molecule has 0 rings (SSSR count). The molecule has 0 aromatic carbocycles. The van der Waals surface area contributed by atoms with Crippen LogP contribution in [-0.2, 0) is 9.47 Å². The first-order chi connectivity index (χ1) is 7.60. The lowest BCUT2D eigenvalue weighted by Crippen LogP contribution is -2.24. The summed E-state index contributed by atoms with van der Waals surface area (Å²) in [5.74, 6) is 0. The van der Waals surface area contributed by atoms with Gasteiger partial charge in [0.25, 0.3) is 0 Å². The standard InChI is InChI=1S/C11H23FO4/c1-3-10(13)7-15-5-9(12)6-16-8-11(14)4-2/h9-11,13-14H,3-8H2,1-2H3. The van der Waals surface area contributed by atoms with Crippen molar-refractivity contribution in [3.05, 3.63) is 0 Å². The molecule has 98 valence electrons. The highest BCUT2D eigenvalue weighted by atomic mass is 19.1. The number of ether oxygens (including phenoxy) is 2. The third-order valence-corrected chi connectivity index (χ3v) is 2.16. The Hall–Kier alpha value is -0.230. The maximum Gasteiger partial charge on any atom is 0.147 e. The van der Waals surface area contributed by atoms with E-state index in [2.05, 4.69) is 0 Å². The van der Waals surface area contributed by atoms with Gasteiger partial charge in [0.1, 0.15) is 6.17 Å². The van der Waals surface area contributed by atoms with E-state index in [1.807, 2.05) is 13.8 Å². The van der Waals surface area contributed by atoms with Crippen molar-refractivity contribution in [2.45, 2.75) is 45.1 Å². The van der Waals surface area contributed by atoms with Crippen LogP contribution < -0.4 is 0 Å². The van der Waals surface area contributed by atoms with Gasteiger partial charge in [-0.15, -0.1) is 0 Å². The van der Waals surface area contributed by atoms with E-state index in [-0.39, 0.29) is 26.4 Å². The molecule has 0 heterocycles. The molecule has 0 aliphatic rings. The molecule has 0 spiro atoms. The van der Waals surface area contributed by atoms with Gasteiger partial charge >= 0.3 is 0 Å². The number of rotatable bonds is 10. The number of hydrogen-bond acceptors (Lipinski definition) is 4. The van der Waals surface area contributed by atoms with E-state index in [4.69, 9.17) is 19.7 Å². The van der Waals surface area contributed by atoms with Crippen molar-refractivity contribution in [2.75, 3.05) is 26.4 Å². The summed E-state index contributed by atoms with van der Waals surface area (Å²) in [5.41, 5.74) is 0. The number of hydrogen-bond donors (Lipinski definition) is 2. The second kappa shape index (κ2) is 9.96. The van der Waals surface area contributed by atoms with Crippen LogP contribution in [0.2, 0.25) is 0 Å². The van der Waals surface area contributed by atoms with E-state index in [1.54, 1.807) is 0 Å². The van der Waals surface area contributed by atoms with Crippen LogP contribution in [0.3, 0.4) is 0 Å². The molecule has 0 aromatic heterocycles. The minimum atomic E-state index is -1.21. The third-order valence-electron chi connectivity index (χ3n) is 2.16. The predicted molar refractivity (Wildman–Crippen MR) is 59.1 cm³/mol. The monoisotopic (exact) mass is 238 g/mol. The molecule has 4 nitrogen and oxygen atoms in total. The lowest BCUT2D eigenvalue weighted by molar-refractivity contribution is -0.0271. The van der Waals surface area contributed by atoms with Crippen LogP contribution in [0.4, 0.5) is 4.39 Å². The normalized spacial score (nSPS) is 17.1. The second-order valence-corrected chi connectivity index (χ2v) is 3.80. The Kier molecular flexibility index (Phi) is 9.82. The smallest absolute Gasteiger partial charge is 0.147 e. The van der Waals surface area contributed by atoms with E-state index >= 15 is 0 Å². The molecule has 0 amide bonds. The van der Waals surface area contributed by atoms with Crippen molar-refractivity contribution in [3.8, 4) is 0 Å². The Morgan fingerprint density at radius 3 is 1.56 bits per heavy atom. The number of aliphatic hydroxyl groups excluding tert-OH is 2. The minimum Gasteiger partial charge on any atom is -0.391 e. The second-order valence-electron chi connectivity index (χ2n) is 3.80. The molecule has 0 aromatic rings. The van der Waals surface area contributed by atoms with Crippen molar-refractivity contribution in [2.24, 2.45) is 0 Å². The van der Waals surface area contributed by atoms with Gasteiger partial charge in [-0.2, -0.15) is 0 Å². The molecule has 5 heteroatoms. The molecule has 2 unspecified atom stereocenters. The van der Waals surface area contributed by atoms with Gasteiger partial charge in [-0.05, 0) is 12.8 Å². The molecule has 0 saturated heterocycles. The quantitative estimate of drug-likeness (QED) is 0.593. The summed E-state index contributed by atoms with van der Waals surface area (Å²) in [7, 11) is 0. The van der Waals surface area contributed by atoms with E-state index in [0.717, 1.165) is 0 Å². The summed E-state index contributed by atoms with van der Waals surface area (Å²) in [5, 5.41) is 18.3. The highest BCUT2D eigenvalue weighted by molar-refractivity contribution is 4.56. The zero-order chi connectivity index (χ0) is 12.4. The fourth-order valence-electron chi connectivity index (χ4n) is 0.948. The molecule has 0 saturated carbocycles. The molecule has 0 bridgehead atoms. The van der Waals surface area contributed by atoms with E-state index in [0.29, 0.717) is 12.8 Å². The first kappa shape index (κ1) is 15.8. The number of aliphatic hydroxyl groups is 2. The summed E-state index contributed by atoms with van der Waals surface area (Å²) < 4.78 is 23.0. The molecular formula is C11H23FO4. The molecule has 0 fully saturated rings. The van der Waals surface area contributed by atoms with Crippen LogP contribution in [0, 0.1) is 0 Å². The van der Waals surface area contributed by atoms with Crippen LogP contribution in [0.5, 0.6) is 0 Å². The average Bonchev–Trinajstić information content (AvgIpc) is 2.28. The fourth-order valence-corrected chi connectivity index (χ4v) is 0.948. The van der Waals surface area contributed by atoms with Gasteiger partial charge < -0.3 is 19.7 Å². The van der Waals surface area contributed by atoms with Crippen molar-refractivity contribution >= 4 is 0 Å². The fraction of sp³-hybridized carbons (Fsp3) is 1.00. The predicted octanol–water partition coefficient (Wildman–Crippen LogP) is 0.899. The molecule has 0 radical (unpaired) electrons. The molecule has 2 atom stereocenters. The average molecular weight is 238 g/mol. The Balaban J connectivity index is 3.34. The van der Waals surface area contributed by atoms with Crippen molar-refractivity contribution in [3.63, 3.8) is 0 Å². The van der Waals surface area contributed by atoms with Gasteiger partial charge in [0.15, 0.2) is 0 Å². The summed E-state index contributed by atoms with van der Waals surface area (Å²) in [6.45, 7) is 3.79. The number of halogens is 1. The van der Waals surface area contributed by atoms with Crippen LogP contribution >= 0.6 is 0 Å². The molecule has 0 aliphatic carbocycles. The van der Waals surface area contributed by atoms with E-state index in [1.165, 1.54) is 0 Å². The highest BCUT2D eigenvalue weighted by Gasteiger charge is 2.10. The molecule has 16 heavy (non-hydrogen) atoms. The lowest BCUT2D eigenvalue weighted by Gasteiger charge is -2.13. The lowest BCUT2D eigenvalue weighted by atomic mass is 10.3. The van der Waals surface area contributed by atoms with Crippen LogP contribution in [0.15, 0.2) is 0 Å². The topological polar surface area (TPSA) is 58.9 Å². The zero-order valence-corrected chi connectivity index (χ0v) is 10.1. The molecule has 2 N–H and O–H groups in total. The Morgan fingerprint density at radius 1 is 0.875 bits per heavy atom. The molecular weight excluding hydrogens is 215 g/mol. The first-order valence-electron chi connectivity index (χ1n) is 5.75. The highest BCUT2D eigenvalue weighted by Crippen LogP contribution is 1.98. The largest absolute Gasteiger partial charge is 0.391 e. The third kappa shape index (κ3) is 9.03. The van der Waals surface area contributed by atoms with Crippen LogP contribution in [0.25, 0.3) is 0 Å². The van der Waals surface area contributed by atoms with Gasteiger partial charge in [-0.3, -0.25) is 0 Å². The van der Waals surface area contributed by atoms with E-state index < -0.39 is 18.4 Å². The van der Waals surface area contributed by atoms with Crippen molar-refractivity contribution in [1.82, 2.24) is 0 Å². The summed E-state index contributed by atoms with van der Waals surface area (Å²) in [4.78, 5) is 0. The maximum atomic E-state index is 13.1. The molecule has 0 aliphatic heterocycles.